The number of carboxylic acids is 1. The standard InChI is InChI=1S/C11H10BrFN4O2/c1-6(11(18)19)5-17-10(14-15-16-17)7-2-3-9(13)8(12)4-7/h2-4,6H,5H2,1H3,(H,18,19). The summed E-state index contributed by atoms with van der Waals surface area (Å²) in [6.45, 7) is 1.71. The zero-order valence-electron chi connectivity index (χ0n) is 9.92. The molecule has 0 saturated carbocycles. The number of aromatic nitrogens is 4. The Labute approximate surface area is 116 Å². The number of carbonyl (C=O) groups is 1. The molecule has 6 nitrogen and oxygen atoms in total. The molecular weight excluding hydrogens is 319 g/mol. The largest absolute Gasteiger partial charge is 0.481 e. The van der Waals surface area contributed by atoms with Crippen molar-refractivity contribution in [3.05, 3.63) is 28.5 Å². The molecule has 1 heterocycles. The van der Waals surface area contributed by atoms with Gasteiger partial charge in [0.1, 0.15) is 5.82 Å². The minimum absolute atomic E-state index is 0.145. The number of carboxylic acid groups (broad SMARTS) is 1. The van der Waals surface area contributed by atoms with E-state index in [2.05, 4.69) is 31.5 Å². The van der Waals surface area contributed by atoms with E-state index >= 15 is 0 Å². The van der Waals surface area contributed by atoms with Crippen LogP contribution in [0, 0.1) is 11.7 Å². The summed E-state index contributed by atoms with van der Waals surface area (Å²) in [6.07, 6.45) is 0. The number of hydrogen-bond donors (Lipinski definition) is 1. The third-order valence-corrected chi connectivity index (χ3v) is 3.19. The van der Waals surface area contributed by atoms with Crippen LogP contribution in [0.25, 0.3) is 11.4 Å². The second-order valence-corrected chi connectivity index (χ2v) is 4.91. The summed E-state index contributed by atoms with van der Waals surface area (Å²) in [4.78, 5) is 10.8. The van der Waals surface area contributed by atoms with E-state index in [-0.39, 0.29) is 12.4 Å². The van der Waals surface area contributed by atoms with E-state index in [0.717, 1.165) is 0 Å². The van der Waals surface area contributed by atoms with Crippen molar-refractivity contribution < 1.29 is 14.3 Å². The Morgan fingerprint density at radius 1 is 1.58 bits per heavy atom. The highest BCUT2D eigenvalue weighted by Crippen LogP contribution is 2.23. The first kappa shape index (κ1) is 13.6. The first-order valence-corrected chi connectivity index (χ1v) is 6.22. The van der Waals surface area contributed by atoms with E-state index < -0.39 is 11.9 Å². The molecule has 1 N–H and O–H groups in total. The molecule has 0 radical (unpaired) electrons. The molecule has 0 spiro atoms. The van der Waals surface area contributed by atoms with Crippen LogP contribution in [-0.4, -0.2) is 31.3 Å². The van der Waals surface area contributed by atoms with E-state index in [1.807, 2.05) is 0 Å². The van der Waals surface area contributed by atoms with Crippen LogP contribution in [0.2, 0.25) is 0 Å². The van der Waals surface area contributed by atoms with E-state index in [9.17, 15) is 9.18 Å². The van der Waals surface area contributed by atoms with Gasteiger partial charge in [-0.1, -0.05) is 6.92 Å². The number of benzene rings is 1. The fraction of sp³-hybridized carbons (Fsp3) is 0.273. The van der Waals surface area contributed by atoms with Gasteiger partial charge in [0.25, 0.3) is 0 Å². The maximum atomic E-state index is 13.2. The van der Waals surface area contributed by atoms with Crippen molar-refractivity contribution in [3.8, 4) is 11.4 Å². The summed E-state index contributed by atoms with van der Waals surface area (Å²) in [6, 6.07) is 4.37. The van der Waals surface area contributed by atoms with Crippen molar-refractivity contribution in [2.24, 2.45) is 5.92 Å². The Morgan fingerprint density at radius 2 is 2.32 bits per heavy atom. The quantitative estimate of drug-likeness (QED) is 0.927. The van der Waals surface area contributed by atoms with Gasteiger partial charge in [-0.15, -0.1) is 5.10 Å². The summed E-state index contributed by atoms with van der Waals surface area (Å²) in [5.74, 6) is -1.54. The van der Waals surface area contributed by atoms with Crippen LogP contribution >= 0.6 is 15.9 Å². The van der Waals surface area contributed by atoms with Gasteiger partial charge < -0.3 is 5.11 Å². The number of hydrogen-bond acceptors (Lipinski definition) is 4. The van der Waals surface area contributed by atoms with Crippen LogP contribution < -0.4 is 0 Å². The minimum Gasteiger partial charge on any atom is -0.481 e. The summed E-state index contributed by atoms with van der Waals surface area (Å²) in [5.41, 5.74) is 0.607. The van der Waals surface area contributed by atoms with Gasteiger partial charge in [0.2, 0.25) is 0 Å². The zero-order chi connectivity index (χ0) is 14.0. The zero-order valence-corrected chi connectivity index (χ0v) is 11.5. The number of halogens is 2. The van der Waals surface area contributed by atoms with Crippen molar-refractivity contribution in [1.29, 1.82) is 0 Å². The van der Waals surface area contributed by atoms with Gasteiger partial charge in [0, 0.05) is 5.56 Å². The van der Waals surface area contributed by atoms with Crippen molar-refractivity contribution in [3.63, 3.8) is 0 Å². The Kier molecular flexibility index (Phi) is 3.89. The normalized spacial score (nSPS) is 12.4. The van der Waals surface area contributed by atoms with Crippen molar-refractivity contribution in [2.75, 3.05) is 0 Å². The van der Waals surface area contributed by atoms with E-state index in [4.69, 9.17) is 5.11 Å². The average molecular weight is 329 g/mol. The van der Waals surface area contributed by atoms with Crippen molar-refractivity contribution in [2.45, 2.75) is 13.5 Å². The molecule has 1 aromatic heterocycles. The maximum absolute atomic E-state index is 13.2. The highest BCUT2D eigenvalue weighted by atomic mass is 79.9. The maximum Gasteiger partial charge on any atom is 0.308 e. The Bertz CT molecular complexity index is 616. The fourth-order valence-electron chi connectivity index (χ4n) is 1.51. The summed E-state index contributed by atoms with van der Waals surface area (Å²) in [7, 11) is 0. The molecule has 1 aromatic carbocycles. The van der Waals surface area contributed by atoms with Crippen LogP contribution in [0.1, 0.15) is 6.92 Å². The number of tetrazole rings is 1. The molecular formula is C11H10BrFN4O2. The molecule has 0 aliphatic rings. The molecule has 0 aliphatic heterocycles. The van der Waals surface area contributed by atoms with Gasteiger partial charge in [-0.3, -0.25) is 4.79 Å². The molecule has 100 valence electrons. The molecule has 19 heavy (non-hydrogen) atoms. The number of rotatable bonds is 4. The third-order valence-electron chi connectivity index (χ3n) is 2.58. The lowest BCUT2D eigenvalue weighted by Crippen LogP contribution is -2.18. The molecule has 0 saturated heterocycles. The average Bonchev–Trinajstić information content (AvgIpc) is 2.80. The summed E-state index contributed by atoms with van der Waals surface area (Å²) < 4.78 is 14.9. The lowest BCUT2D eigenvalue weighted by atomic mass is 10.1. The number of nitrogens with zero attached hydrogens (tertiary/aromatic N) is 4. The van der Waals surface area contributed by atoms with Gasteiger partial charge in [-0.05, 0) is 44.6 Å². The smallest absolute Gasteiger partial charge is 0.308 e. The van der Waals surface area contributed by atoms with Gasteiger partial charge in [-0.25, -0.2) is 9.07 Å². The third kappa shape index (κ3) is 2.95. The first-order chi connectivity index (χ1) is 8.99. The minimum atomic E-state index is -0.929. The van der Waals surface area contributed by atoms with Crippen LogP contribution in [0.3, 0.4) is 0 Å². The SMILES string of the molecule is CC(Cn1nnnc1-c1ccc(F)c(Br)c1)C(=O)O. The Balaban J connectivity index is 2.33. The Hall–Kier alpha value is -1.83. The second-order valence-electron chi connectivity index (χ2n) is 4.05. The van der Waals surface area contributed by atoms with Gasteiger partial charge in [0.15, 0.2) is 5.82 Å². The van der Waals surface area contributed by atoms with Crippen molar-refractivity contribution in [1.82, 2.24) is 20.2 Å². The van der Waals surface area contributed by atoms with Gasteiger partial charge in [-0.2, -0.15) is 0 Å². The van der Waals surface area contributed by atoms with Crippen LogP contribution in [0.4, 0.5) is 4.39 Å². The number of aliphatic carboxylic acids is 1. The van der Waals surface area contributed by atoms with Crippen LogP contribution in [0.15, 0.2) is 22.7 Å². The predicted octanol–water partition coefficient (Wildman–Crippen LogP) is 1.96. The molecule has 1 atom stereocenters. The van der Waals surface area contributed by atoms with E-state index in [1.54, 1.807) is 13.0 Å². The lowest BCUT2D eigenvalue weighted by molar-refractivity contribution is -0.141. The molecule has 0 fully saturated rings. The fourth-order valence-corrected chi connectivity index (χ4v) is 1.89. The molecule has 0 aliphatic carbocycles. The Morgan fingerprint density at radius 3 is 2.95 bits per heavy atom. The van der Waals surface area contributed by atoms with Gasteiger partial charge in [0.05, 0.1) is 16.9 Å². The lowest BCUT2D eigenvalue weighted by Gasteiger charge is -2.08. The first-order valence-electron chi connectivity index (χ1n) is 5.43. The van der Waals surface area contributed by atoms with Crippen LogP contribution in [0.5, 0.6) is 0 Å². The molecule has 0 amide bonds. The van der Waals surface area contributed by atoms with E-state index in [1.165, 1.54) is 16.8 Å². The molecule has 2 aromatic rings. The monoisotopic (exact) mass is 328 g/mol. The molecule has 2 rings (SSSR count). The van der Waals surface area contributed by atoms with Gasteiger partial charge >= 0.3 is 5.97 Å². The van der Waals surface area contributed by atoms with E-state index in [0.29, 0.717) is 15.9 Å². The second kappa shape index (κ2) is 5.43. The van der Waals surface area contributed by atoms with Crippen molar-refractivity contribution >= 4 is 21.9 Å². The summed E-state index contributed by atoms with van der Waals surface area (Å²) in [5, 5.41) is 20.0. The molecule has 0 bridgehead atoms. The predicted molar refractivity (Wildman–Crippen MR) is 67.7 cm³/mol. The van der Waals surface area contributed by atoms with Crippen LogP contribution in [-0.2, 0) is 11.3 Å². The highest BCUT2D eigenvalue weighted by molar-refractivity contribution is 9.10. The highest BCUT2D eigenvalue weighted by Gasteiger charge is 2.17. The topological polar surface area (TPSA) is 80.9 Å². The molecule has 8 heteroatoms. The molecule has 1 unspecified atom stereocenters. The summed E-state index contributed by atoms with van der Waals surface area (Å²) >= 11 is 3.08.